The van der Waals surface area contributed by atoms with Gasteiger partial charge in [-0.15, -0.1) is 0 Å². The molecule has 0 saturated heterocycles. The molecule has 0 saturated carbocycles. The quantitative estimate of drug-likeness (QED) is 0.724. The van der Waals surface area contributed by atoms with Crippen LogP contribution in [0.3, 0.4) is 0 Å². The van der Waals surface area contributed by atoms with Crippen molar-refractivity contribution < 1.29 is 4.39 Å². The summed E-state index contributed by atoms with van der Waals surface area (Å²) < 4.78 is 14.3. The highest BCUT2D eigenvalue weighted by Crippen LogP contribution is 2.04. The van der Waals surface area contributed by atoms with Gasteiger partial charge in [-0.1, -0.05) is 12.1 Å². The average molecular weight is 191 g/mol. The third-order valence-electron chi connectivity index (χ3n) is 1.91. The lowest BCUT2D eigenvalue weighted by atomic mass is 10.2. The molecule has 0 spiro atoms. The summed E-state index contributed by atoms with van der Waals surface area (Å²) in [7, 11) is 0. The topological polar surface area (TPSA) is 30.7 Å². The van der Waals surface area contributed by atoms with Crippen LogP contribution in [0.5, 0.6) is 0 Å². The summed E-state index contributed by atoms with van der Waals surface area (Å²) in [6.45, 7) is 2.46. The number of halogens is 1. The minimum absolute atomic E-state index is 0.219. The maximum Gasteiger partial charge on any atom is 0.147 e. The van der Waals surface area contributed by atoms with Crippen molar-refractivity contribution in [3.63, 3.8) is 0 Å². The Balaban J connectivity index is 2.15. The van der Waals surface area contributed by atoms with Gasteiger partial charge in [-0.25, -0.2) is 14.1 Å². The Bertz CT molecular complexity index is 419. The van der Waals surface area contributed by atoms with Crippen molar-refractivity contribution in [1.29, 1.82) is 0 Å². The summed E-state index contributed by atoms with van der Waals surface area (Å²) in [5, 5.41) is 4.14. The van der Waals surface area contributed by atoms with Crippen LogP contribution in [0.15, 0.2) is 30.6 Å². The zero-order chi connectivity index (χ0) is 9.97. The number of benzene rings is 1. The van der Waals surface area contributed by atoms with Crippen molar-refractivity contribution in [3.05, 3.63) is 47.8 Å². The number of hydrogen-bond donors (Lipinski definition) is 0. The Morgan fingerprint density at radius 2 is 2.00 bits per heavy atom. The Hall–Kier alpha value is -1.71. The van der Waals surface area contributed by atoms with E-state index in [0.29, 0.717) is 6.54 Å². The van der Waals surface area contributed by atoms with Gasteiger partial charge in [0.05, 0.1) is 6.54 Å². The van der Waals surface area contributed by atoms with Crippen molar-refractivity contribution in [2.45, 2.75) is 13.5 Å². The van der Waals surface area contributed by atoms with E-state index < -0.39 is 0 Å². The number of aryl methyl sites for hydroxylation is 1. The summed E-state index contributed by atoms with van der Waals surface area (Å²) in [6.07, 6.45) is 1.67. The predicted octanol–water partition coefficient (Wildman–Crippen LogP) is 1.77. The third kappa shape index (κ3) is 1.96. The molecule has 0 fully saturated rings. The zero-order valence-corrected chi connectivity index (χ0v) is 7.81. The lowest BCUT2D eigenvalue weighted by Crippen LogP contribution is -2.00. The highest BCUT2D eigenvalue weighted by Gasteiger charge is 1.97. The largest absolute Gasteiger partial charge is 0.248 e. The molecule has 2 rings (SSSR count). The van der Waals surface area contributed by atoms with Gasteiger partial charge in [0.15, 0.2) is 0 Å². The normalized spacial score (nSPS) is 10.4. The van der Waals surface area contributed by atoms with Gasteiger partial charge in [0.1, 0.15) is 18.0 Å². The minimum atomic E-state index is -0.219. The van der Waals surface area contributed by atoms with E-state index in [1.54, 1.807) is 23.1 Å². The van der Waals surface area contributed by atoms with Gasteiger partial charge in [-0.05, 0) is 24.6 Å². The lowest BCUT2D eigenvalue weighted by molar-refractivity contribution is 0.624. The molecule has 0 atom stereocenters. The molecule has 0 bridgehead atoms. The van der Waals surface area contributed by atoms with Crippen LogP contribution in [0.1, 0.15) is 11.4 Å². The highest BCUT2D eigenvalue weighted by atomic mass is 19.1. The van der Waals surface area contributed by atoms with Gasteiger partial charge in [-0.3, -0.25) is 0 Å². The maximum atomic E-state index is 12.6. The van der Waals surface area contributed by atoms with Crippen molar-refractivity contribution in [2.24, 2.45) is 0 Å². The lowest BCUT2D eigenvalue weighted by Gasteiger charge is -2.00. The van der Waals surface area contributed by atoms with Crippen molar-refractivity contribution in [2.75, 3.05) is 0 Å². The number of aromatic nitrogens is 3. The molecule has 0 N–H and O–H groups in total. The SMILES string of the molecule is Cc1ncn(Cc2ccc(F)cc2)n1. The van der Waals surface area contributed by atoms with Crippen LogP contribution in [0.25, 0.3) is 0 Å². The van der Waals surface area contributed by atoms with Gasteiger partial charge in [0.25, 0.3) is 0 Å². The van der Waals surface area contributed by atoms with Crippen LogP contribution in [-0.2, 0) is 6.54 Å². The van der Waals surface area contributed by atoms with Crippen molar-refractivity contribution >= 4 is 0 Å². The van der Waals surface area contributed by atoms with E-state index in [4.69, 9.17) is 0 Å². The first-order valence-electron chi connectivity index (χ1n) is 4.34. The molecule has 3 nitrogen and oxygen atoms in total. The van der Waals surface area contributed by atoms with Crippen LogP contribution in [0.2, 0.25) is 0 Å². The summed E-state index contributed by atoms with van der Waals surface area (Å²) in [5.41, 5.74) is 1.01. The molecule has 72 valence electrons. The van der Waals surface area contributed by atoms with Crippen molar-refractivity contribution in [3.8, 4) is 0 Å². The second kappa shape index (κ2) is 3.57. The molecule has 14 heavy (non-hydrogen) atoms. The Kier molecular flexibility index (Phi) is 2.26. The minimum Gasteiger partial charge on any atom is -0.248 e. The molecule has 0 aliphatic heterocycles. The Morgan fingerprint density at radius 1 is 1.29 bits per heavy atom. The van der Waals surface area contributed by atoms with Gasteiger partial charge in [-0.2, -0.15) is 5.10 Å². The molecule has 0 unspecified atom stereocenters. The van der Waals surface area contributed by atoms with Crippen LogP contribution in [0, 0.1) is 12.7 Å². The summed E-state index contributed by atoms with van der Waals surface area (Å²) >= 11 is 0. The van der Waals surface area contributed by atoms with Gasteiger partial charge in [0.2, 0.25) is 0 Å². The van der Waals surface area contributed by atoms with Gasteiger partial charge >= 0.3 is 0 Å². The van der Waals surface area contributed by atoms with Crippen LogP contribution in [0.4, 0.5) is 4.39 Å². The van der Waals surface area contributed by atoms with E-state index in [0.717, 1.165) is 11.4 Å². The number of nitrogens with zero attached hydrogens (tertiary/aromatic N) is 3. The summed E-state index contributed by atoms with van der Waals surface area (Å²) in [6, 6.07) is 6.37. The fraction of sp³-hybridized carbons (Fsp3) is 0.200. The Morgan fingerprint density at radius 3 is 2.57 bits per heavy atom. The Labute approximate surface area is 81.2 Å². The first kappa shape index (κ1) is 8.87. The van der Waals surface area contributed by atoms with Crippen LogP contribution in [-0.4, -0.2) is 14.8 Å². The molecule has 0 aliphatic carbocycles. The fourth-order valence-electron chi connectivity index (χ4n) is 1.24. The highest BCUT2D eigenvalue weighted by molar-refractivity contribution is 5.15. The molecule has 2 aromatic rings. The van der Waals surface area contributed by atoms with E-state index in [-0.39, 0.29) is 5.82 Å². The molecule has 4 heteroatoms. The molecule has 0 radical (unpaired) electrons. The average Bonchev–Trinajstić information content (AvgIpc) is 2.56. The molecule has 1 aromatic heterocycles. The number of hydrogen-bond acceptors (Lipinski definition) is 2. The van der Waals surface area contributed by atoms with Crippen molar-refractivity contribution in [1.82, 2.24) is 14.8 Å². The van der Waals surface area contributed by atoms with E-state index in [2.05, 4.69) is 10.1 Å². The molecular weight excluding hydrogens is 181 g/mol. The standard InChI is InChI=1S/C10H10FN3/c1-8-12-7-14(13-8)6-9-2-4-10(11)5-3-9/h2-5,7H,6H2,1H3. The molecule has 1 heterocycles. The summed E-state index contributed by atoms with van der Waals surface area (Å²) in [4.78, 5) is 4.01. The monoisotopic (exact) mass is 191 g/mol. The third-order valence-corrected chi connectivity index (χ3v) is 1.91. The summed E-state index contributed by atoms with van der Waals surface area (Å²) in [5.74, 6) is 0.524. The van der Waals surface area contributed by atoms with Gasteiger partial charge in [0, 0.05) is 0 Å². The maximum absolute atomic E-state index is 12.6. The van der Waals surface area contributed by atoms with E-state index >= 15 is 0 Å². The molecule has 1 aromatic carbocycles. The van der Waals surface area contributed by atoms with Crippen LogP contribution < -0.4 is 0 Å². The second-order valence-electron chi connectivity index (χ2n) is 3.12. The first-order chi connectivity index (χ1) is 6.74. The van der Waals surface area contributed by atoms with Crippen LogP contribution >= 0.6 is 0 Å². The molecule has 0 aliphatic rings. The zero-order valence-electron chi connectivity index (χ0n) is 7.81. The van der Waals surface area contributed by atoms with E-state index in [1.165, 1.54) is 12.1 Å². The second-order valence-corrected chi connectivity index (χ2v) is 3.12. The first-order valence-corrected chi connectivity index (χ1v) is 4.34. The fourth-order valence-corrected chi connectivity index (χ4v) is 1.24. The smallest absolute Gasteiger partial charge is 0.147 e. The molecular formula is C10H10FN3. The number of rotatable bonds is 2. The van der Waals surface area contributed by atoms with E-state index in [9.17, 15) is 4.39 Å². The van der Waals surface area contributed by atoms with Gasteiger partial charge < -0.3 is 0 Å². The molecule has 0 amide bonds. The predicted molar refractivity (Wildman–Crippen MR) is 50.3 cm³/mol. The van der Waals surface area contributed by atoms with E-state index in [1.807, 2.05) is 6.92 Å².